The van der Waals surface area contributed by atoms with Crippen LogP contribution in [0.15, 0.2) is 10.9 Å². The van der Waals surface area contributed by atoms with Gasteiger partial charge in [-0.25, -0.2) is 0 Å². The number of rotatable bonds is 2. The second-order valence-electron chi connectivity index (χ2n) is 4.43. The Hall–Kier alpha value is -1.29. The highest BCUT2D eigenvalue weighted by molar-refractivity contribution is 5.52. The van der Waals surface area contributed by atoms with Gasteiger partial charge >= 0.3 is 0 Å². The first-order valence-electron chi connectivity index (χ1n) is 5.79. The number of hydrogen-bond donors (Lipinski definition) is 1. The van der Waals surface area contributed by atoms with Gasteiger partial charge in [0.05, 0.1) is 0 Å². The van der Waals surface area contributed by atoms with Gasteiger partial charge in [0, 0.05) is 26.2 Å². The highest BCUT2D eigenvalue weighted by Crippen LogP contribution is 2.24. The second kappa shape index (κ2) is 4.29. The van der Waals surface area contributed by atoms with Crippen LogP contribution in [0.1, 0.15) is 17.5 Å². The van der Waals surface area contributed by atoms with E-state index in [2.05, 4.69) is 4.90 Å². The van der Waals surface area contributed by atoms with Gasteiger partial charge in [-0.15, -0.1) is 0 Å². The monoisotopic (exact) mass is 221 g/mol. The van der Waals surface area contributed by atoms with E-state index in [9.17, 15) is 4.79 Å². The summed E-state index contributed by atoms with van der Waals surface area (Å²) in [5, 5.41) is 0. The van der Waals surface area contributed by atoms with Gasteiger partial charge in [0.25, 0.3) is 5.56 Å². The number of fused-ring (bicyclic) bond motifs is 1. The van der Waals surface area contributed by atoms with Crippen LogP contribution >= 0.6 is 0 Å². The molecule has 2 heterocycles. The van der Waals surface area contributed by atoms with Crippen LogP contribution in [-0.4, -0.2) is 24.7 Å². The Morgan fingerprint density at radius 3 is 2.88 bits per heavy atom. The molecule has 1 aromatic rings. The molecule has 4 heteroatoms. The number of pyridine rings is 1. The van der Waals surface area contributed by atoms with E-state index in [1.807, 2.05) is 18.5 Å². The summed E-state index contributed by atoms with van der Waals surface area (Å²) < 4.78 is 1.88. The maximum absolute atomic E-state index is 11.9. The van der Waals surface area contributed by atoms with Crippen molar-refractivity contribution in [2.24, 2.45) is 5.73 Å². The largest absolute Gasteiger partial charge is 0.361 e. The van der Waals surface area contributed by atoms with Gasteiger partial charge < -0.3 is 10.6 Å². The molecule has 0 atom stereocenters. The number of hydrogen-bond acceptors (Lipinski definition) is 3. The molecule has 1 aliphatic rings. The van der Waals surface area contributed by atoms with Crippen molar-refractivity contribution in [1.29, 1.82) is 0 Å². The first kappa shape index (κ1) is 11.2. The van der Waals surface area contributed by atoms with Gasteiger partial charge in [-0.3, -0.25) is 9.36 Å². The zero-order valence-corrected chi connectivity index (χ0v) is 9.99. The molecule has 0 aliphatic carbocycles. The van der Waals surface area contributed by atoms with E-state index in [1.54, 1.807) is 6.07 Å². The van der Waals surface area contributed by atoms with E-state index in [1.165, 1.54) is 5.56 Å². The van der Waals surface area contributed by atoms with Gasteiger partial charge in [0.2, 0.25) is 0 Å². The minimum Gasteiger partial charge on any atom is -0.361 e. The maximum atomic E-state index is 11.9. The Morgan fingerprint density at radius 1 is 1.44 bits per heavy atom. The summed E-state index contributed by atoms with van der Waals surface area (Å²) in [7, 11) is 2.05. The van der Waals surface area contributed by atoms with Crippen molar-refractivity contribution in [3.8, 4) is 0 Å². The van der Waals surface area contributed by atoms with Crippen LogP contribution in [0.2, 0.25) is 0 Å². The van der Waals surface area contributed by atoms with E-state index in [4.69, 9.17) is 5.73 Å². The summed E-state index contributed by atoms with van der Waals surface area (Å²) in [6.07, 6.45) is 1.88. The lowest BCUT2D eigenvalue weighted by molar-refractivity contribution is 0.560. The zero-order chi connectivity index (χ0) is 11.7. The number of aromatic nitrogens is 1. The minimum absolute atomic E-state index is 0.111. The Kier molecular flexibility index (Phi) is 3.01. The molecule has 1 aromatic heterocycles. The molecule has 16 heavy (non-hydrogen) atoms. The molecule has 0 aromatic carbocycles. The van der Waals surface area contributed by atoms with Gasteiger partial charge in [-0.1, -0.05) is 0 Å². The summed E-state index contributed by atoms with van der Waals surface area (Å²) in [5.74, 6) is 1.07. The lowest BCUT2D eigenvalue weighted by Gasteiger charge is -2.31. The van der Waals surface area contributed by atoms with Crippen molar-refractivity contribution in [3.05, 3.63) is 27.5 Å². The molecule has 0 spiro atoms. The molecular weight excluding hydrogens is 202 g/mol. The number of nitrogens with zero attached hydrogens (tertiary/aromatic N) is 2. The fraction of sp³-hybridized carbons (Fsp3) is 0.583. The van der Waals surface area contributed by atoms with Crippen LogP contribution in [-0.2, 0) is 13.0 Å². The quantitative estimate of drug-likeness (QED) is 0.791. The molecular formula is C12H19N3O. The Balaban J connectivity index is 2.64. The fourth-order valence-electron chi connectivity index (χ4n) is 2.47. The number of anilines is 1. The van der Waals surface area contributed by atoms with Crippen molar-refractivity contribution < 1.29 is 0 Å². The third-order valence-corrected chi connectivity index (χ3v) is 3.24. The Bertz CT molecular complexity index is 450. The van der Waals surface area contributed by atoms with Crippen molar-refractivity contribution in [2.75, 3.05) is 25.0 Å². The van der Waals surface area contributed by atoms with E-state index in [0.29, 0.717) is 6.54 Å². The van der Waals surface area contributed by atoms with Gasteiger partial charge in [0.1, 0.15) is 5.82 Å². The normalized spacial score (nSPS) is 15.1. The molecule has 0 unspecified atom stereocenters. The number of nitrogens with two attached hydrogens (primary N) is 1. The van der Waals surface area contributed by atoms with E-state index in [0.717, 1.165) is 37.3 Å². The molecule has 4 nitrogen and oxygen atoms in total. The first-order chi connectivity index (χ1) is 7.65. The van der Waals surface area contributed by atoms with Crippen LogP contribution in [0.5, 0.6) is 0 Å². The molecule has 0 bridgehead atoms. The molecule has 0 fully saturated rings. The molecule has 0 radical (unpaired) electrons. The standard InChI is InChI=1S/C12H19N3O/c1-9-8-11(16)15-7-3-6-14(2)12(15)10(9)4-5-13/h8H,3-7,13H2,1-2H3. The highest BCUT2D eigenvalue weighted by Gasteiger charge is 2.19. The average molecular weight is 221 g/mol. The van der Waals surface area contributed by atoms with Crippen molar-refractivity contribution in [2.45, 2.75) is 26.3 Å². The third-order valence-electron chi connectivity index (χ3n) is 3.24. The predicted molar refractivity (Wildman–Crippen MR) is 66.1 cm³/mol. The molecule has 1 aliphatic heterocycles. The second-order valence-corrected chi connectivity index (χ2v) is 4.43. The predicted octanol–water partition coefficient (Wildman–Crippen LogP) is 0.498. The smallest absolute Gasteiger partial charge is 0.252 e. The van der Waals surface area contributed by atoms with Crippen LogP contribution < -0.4 is 16.2 Å². The Morgan fingerprint density at radius 2 is 2.19 bits per heavy atom. The van der Waals surface area contributed by atoms with E-state index >= 15 is 0 Å². The summed E-state index contributed by atoms with van der Waals surface area (Å²) >= 11 is 0. The molecule has 2 rings (SSSR count). The fourth-order valence-corrected chi connectivity index (χ4v) is 2.47. The van der Waals surface area contributed by atoms with E-state index < -0.39 is 0 Å². The number of aryl methyl sites for hydroxylation is 1. The van der Waals surface area contributed by atoms with Gasteiger partial charge in [-0.2, -0.15) is 0 Å². The lowest BCUT2D eigenvalue weighted by atomic mass is 10.0. The van der Waals surface area contributed by atoms with Crippen molar-refractivity contribution >= 4 is 5.82 Å². The minimum atomic E-state index is 0.111. The molecule has 0 amide bonds. The zero-order valence-electron chi connectivity index (χ0n) is 9.99. The van der Waals surface area contributed by atoms with Crippen LogP contribution in [0.25, 0.3) is 0 Å². The van der Waals surface area contributed by atoms with Crippen LogP contribution in [0.3, 0.4) is 0 Å². The topological polar surface area (TPSA) is 51.3 Å². The van der Waals surface area contributed by atoms with Crippen molar-refractivity contribution in [3.63, 3.8) is 0 Å². The lowest BCUT2D eigenvalue weighted by Crippen LogP contribution is -2.36. The molecule has 88 valence electrons. The summed E-state index contributed by atoms with van der Waals surface area (Å²) in [5.41, 5.74) is 8.04. The average Bonchev–Trinajstić information content (AvgIpc) is 2.24. The Labute approximate surface area is 95.7 Å². The first-order valence-corrected chi connectivity index (χ1v) is 5.79. The highest BCUT2D eigenvalue weighted by atomic mass is 16.1. The third kappa shape index (κ3) is 1.73. The molecule has 2 N–H and O–H groups in total. The molecule has 0 saturated carbocycles. The summed E-state index contributed by atoms with van der Waals surface area (Å²) in [4.78, 5) is 14.1. The van der Waals surface area contributed by atoms with Gasteiger partial charge in [0.15, 0.2) is 0 Å². The van der Waals surface area contributed by atoms with Crippen molar-refractivity contribution in [1.82, 2.24) is 4.57 Å². The summed E-state index contributed by atoms with van der Waals surface area (Å²) in [6, 6.07) is 1.73. The maximum Gasteiger partial charge on any atom is 0.252 e. The summed E-state index contributed by atoms with van der Waals surface area (Å²) in [6.45, 7) is 4.46. The van der Waals surface area contributed by atoms with E-state index in [-0.39, 0.29) is 5.56 Å². The van der Waals surface area contributed by atoms with Crippen LogP contribution in [0, 0.1) is 6.92 Å². The SMILES string of the molecule is Cc1cc(=O)n2c(c1CCN)N(C)CCC2. The molecule has 0 saturated heterocycles. The van der Waals surface area contributed by atoms with Gasteiger partial charge in [-0.05, 0) is 37.4 Å². The van der Waals surface area contributed by atoms with Crippen LogP contribution in [0.4, 0.5) is 5.82 Å².